The molecule has 20 heavy (non-hydrogen) atoms. The Labute approximate surface area is 120 Å². The van der Waals surface area contributed by atoms with Crippen molar-refractivity contribution in [1.29, 1.82) is 0 Å². The monoisotopic (exact) mass is 270 g/mol. The van der Waals surface area contributed by atoms with E-state index < -0.39 is 0 Å². The number of nitrogens with one attached hydrogen (secondary N) is 1. The molecule has 0 radical (unpaired) electrons. The molecule has 4 heteroatoms. The fraction of sp³-hybridized carbons (Fsp3) is 0.500. The Hall–Kier alpha value is -1.68. The first-order valence-electron chi connectivity index (χ1n) is 7.42. The van der Waals surface area contributed by atoms with Gasteiger partial charge in [0.15, 0.2) is 0 Å². The molecule has 1 N–H and O–H groups in total. The molecule has 0 spiro atoms. The topological polar surface area (TPSA) is 44.8 Å². The van der Waals surface area contributed by atoms with Gasteiger partial charge >= 0.3 is 0 Å². The molecule has 0 aliphatic carbocycles. The molecular weight excluding hydrogens is 248 g/mol. The van der Waals surface area contributed by atoms with Gasteiger partial charge in [0.1, 0.15) is 5.82 Å². The van der Waals surface area contributed by atoms with E-state index in [9.17, 15) is 0 Å². The first-order valence-corrected chi connectivity index (χ1v) is 7.42. The minimum atomic E-state index is 0.739. The van der Waals surface area contributed by atoms with Crippen molar-refractivity contribution in [2.24, 2.45) is 5.92 Å². The number of nitrogens with zero attached hydrogens (tertiary/aromatic N) is 3. The van der Waals surface area contributed by atoms with Crippen LogP contribution in [0.5, 0.6) is 0 Å². The van der Waals surface area contributed by atoms with Crippen molar-refractivity contribution in [3.05, 3.63) is 47.8 Å². The molecule has 4 nitrogen and oxygen atoms in total. The first-order chi connectivity index (χ1) is 9.79. The third kappa shape index (κ3) is 3.45. The Morgan fingerprint density at radius 3 is 3.05 bits per heavy atom. The number of likely N-dealkylation sites (tertiary alicyclic amines) is 1. The highest BCUT2D eigenvalue weighted by molar-refractivity contribution is 5.14. The molecule has 1 aliphatic rings. The third-order valence-corrected chi connectivity index (χ3v) is 4.03. The number of rotatable bonds is 4. The maximum absolute atomic E-state index is 4.40. The highest BCUT2D eigenvalue weighted by Gasteiger charge is 2.20. The molecule has 0 unspecified atom stereocenters. The summed E-state index contributed by atoms with van der Waals surface area (Å²) in [6.45, 7) is 5.32. The van der Waals surface area contributed by atoms with Gasteiger partial charge < -0.3 is 4.98 Å². The maximum Gasteiger partial charge on any atom is 0.120 e. The summed E-state index contributed by atoms with van der Waals surface area (Å²) in [5.41, 5.74) is 2.46. The van der Waals surface area contributed by atoms with Crippen LogP contribution in [0.1, 0.15) is 29.9 Å². The third-order valence-electron chi connectivity index (χ3n) is 4.03. The van der Waals surface area contributed by atoms with Crippen LogP contribution < -0.4 is 0 Å². The zero-order valence-corrected chi connectivity index (χ0v) is 12.0. The van der Waals surface area contributed by atoms with E-state index in [-0.39, 0.29) is 0 Å². The quantitative estimate of drug-likeness (QED) is 0.928. The van der Waals surface area contributed by atoms with Crippen LogP contribution in [0.2, 0.25) is 0 Å². The summed E-state index contributed by atoms with van der Waals surface area (Å²) < 4.78 is 0. The standard InChI is InChI=1S/C16H22N4/c1-13-4-5-14(10-19-13)9-15-3-2-8-20(11-15)12-16-17-6-7-18-16/h4-7,10,15H,2-3,8-9,11-12H2,1H3,(H,17,18)/t15-/m0/s1. The average molecular weight is 270 g/mol. The van der Waals surface area contributed by atoms with E-state index in [1.54, 1.807) is 0 Å². The predicted octanol–water partition coefficient (Wildman–Crippen LogP) is 2.57. The summed E-state index contributed by atoms with van der Waals surface area (Å²) in [5, 5.41) is 0. The number of imidazole rings is 1. The Bertz CT molecular complexity index is 518. The van der Waals surface area contributed by atoms with Crippen LogP contribution in [0.3, 0.4) is 0 Å². The predicted molar refractivity (Wildman–Crippen MR) is 79.3 cm³/mol. The largest absolute Gasteiger partial charge is 0.348 e. The summed E-state index contributed by atoms with van der Waals surface area (Å²) in [5.74, 6) is 1.81. The Morgan fingerprint density at radius 2 is 2.30 bits per heavy atom. The molecule has 0 bridgehead atoms. The molecule has 0 aromatic carbocycles. The fourth-order valence-electron chi connectivity index (χ4n) is 3.01. The number of hydrogen-bond donors (Lipinski definition) is 1. The van der Waals surface area contributed by atoms with Crippen molar-refractivity contribution in [2.75, 3.05) is 13.1 Å². The van der Waals surface area contributed by atoms with Crippen molar-refractivity contribution >= 4 is 0 Å². The molecule has 3 rings (SSSR count). The number of H-pyrrole nitrogens is 1. The van der Waals surface area contributed by atoms with Crippen molar-refractivity contribution in [1.82, 2.24) is 19.9 Å². The second-order valence-corrected chi connectivity index (χ2v) is 5.79. The second kappa shape index (κ2) is 6.18. The Kier molecular flexibility index (Phi) is 4.11. The molecule has 2 aromatic heterocycles. The number of aromatic nitrogens is 3. The van der Waals surface area contributed by atoms with Crippen LogP contribution in [0.15, 0.2) is 30.7 Å². The zero-order chi connectivity index (χ0) is 13.8. The van der Waals surface area contributed by atoms with Gasteiger partial charge in [-0.1, -0.05) is 6.07 Å². The average Bonchev–Trinajstić information content (AvgIpc) is 2.95. The van der Waals surface area contributed by atoms with Gasteiger partial charge in [-0.15, -0.1) is 0 Å². The lowest BCUT2D eigenvalue weighted by Gasteiger charge is -2.32. The molecule has 1 saturated heterocycles. The smallest absolute Gasteiger partial charge is 0.120 e. The summed E-state index contributed by atoms with van der Waals surface area (Å²) in [6, 6.07) is 4.33. The molecule has 2 aromatic rings. The van der Waals surface area contributed by atoms with Crippen molar-refractivity contribution in [3.8, 4) is 0 Å². The van der Waals surface area contributed by atoms with Gasteiger partial charge in [0.2, 0.25) is 0 Å². The van der Waals surface area contributed by atoms with E-state index in [1.807, 2.05) is 25.5 Å². The number of piperidine rings is 1. The summed E-state index contributed by atoms with van der Waals surface area (Å²) in [4.78, 5) is 14.4. The lowest BCUT2D eigenvalue weighted by atomic mass is 9.92. The van der Waals surface area contributed by atoms with Gasteiger partial charge in [0.25, 0.3) is 0 Å². The van der Waals surface area contributed by atoms with E-state index in [2.05, 4.69) is 32.0 Å². The van der Waals surface area contributed by atoms with Gasteiger partial charge in [-0.3, -0.25) is 9.88 Å². The van der Waals surface area contributed by atoms with Gasteiger partial charge in [-0.2, -0.15) is 0 Å². The highest BCUT2D eigenvalue weighted by Crippen LogP contribution is 2.21. The molecule has 1 atom stereocenters. The van der Waals surface area contributed by atoms with Crippen LogP contribution in [-0.2, 0) is 13.0 Å². The number of aromatic amines is 1. The highest BCUT2D eigenvalue weighted by atomic mass is 15.2. The van der Waals surface area contributed by atoms with Gasteiger partial charge in [0.05, 0.1) is 6.54 Å². The van der Waals surface area contributed by atoms with Gasteiger partial charge in [-0.25, -0.2) is 4.98 Å². The summed E-state index contributed by atoms with van der Waals surface area (Å²) in [6.07, 6.45) is 9.50. The van der Waals surface area contributed by atoms with Gasteiger partial charge in [0, 0.05) is 30.8 Å². The number of aryl methyl sites for hydroxylation is 1. The van der Waals surface area contributed by atoms with E-state index in [0.29, 0.717) is 0 Å². The van der Waals surface area contributed by atoms with Crippen molar-refractivity contribution in [2.45, 2.75) is 32.7 Å². The lowest BCUT2D eigenvalue weighted by molar-refractivity contribution is 0.164. The molecule has 0 amide bonds. The SMILES string of the molecule is Cc1ccc(C[C@@H]2CCCN(Cc3ncc[nH]3)C2)cn1. The van der Waals surface area contributed by atoms with Crippen molar-refractivity contribution in [3.63, 3.8) is 0 Å². The normalized spacial score (nSPS) is 20.1. The minimum absolute atomic E-state index is 0.739. The van der Waals surface area contributed by atoms with Crippen LogP contribution in [0, 0.1) is 12.8 Å². The summed E-state index contributed by atoms with van der Waals surface area (Å²) in [7, 11) is 0. The summed E-state index contributed by atoms with van der Waals surface area (Å²) >= 11 is 0. The van der Waals surface area contributed by atoms with E-state index in [0.717, 1.165) is 36.9 Å². The van der Waals surface area contributed by atoms with Crippen LogP contribution in [0.25, 0.3) is 0 Å². The first kappa shape index (κ1) is 13.3. The number of hydrogen-bond acceptors (Lipinski definition) is 3. The Morgan fingerprint density at radius 1 is 1.35 bits per heavy atom. The molecular formula is C16H22N4. The maximum atomic E-state index is 4.40. The van der Waals surface area contributed by atoms with Crippen LogP contribution in [0.4, 0.5) is 0 Å². The molecule has 1 fully saturated rings. The van der Waals surface area contributed by atoms with E-state index >= 15 is 0 Å². The van der Waals surface area contributed by atoms with Gasteiger partial charge in [-0.05, 0) is 50.3 Å². The van der Waals surface area contributed by atoms with Crippen molar-refractivity contribution < 1.29 is 0 Å². The lowest BCUT2D eigenvalue weighted by Crippen LogP contribution is -2.36. The fourth-order valence-corrected chi connectivity index (χ4v) is 3.01. The number of pyridine rings is 1. The van der Waals surface area contributed by atoms with E-state index in [1.165, 1.54) is 24.9 Å². The molecule has 3 heterocycles. The Balaban J connectivity index is 1.56. The molecule has 1 aliphatic heterocycles. The molecule has 0 saturated carbocycles. The zero-order valence-electron chi connectivity index (χ0n) is 12.0. The van der Waals surface area contributed by atoms with E-state index in [4.69, 9.17) is 0 Å². The second-order valence-electron chi connectivity index (χ2n) is 5.79. The van der Waals surface area contributed by atoms with Crippen LogP contribution in [-0.4, -0.2) is 32.9 Å². The van der Waals surface area contributed by atoms with Crippen LogP contribution >= 0.6 is 0 Å². The minimum Gasteiger partial charge on any atom is -0.348 e. The molecule has 106 valence electrons.